The number of alkyl halides is 3. The predicted octanol–water partition coefficient (Wildman–Crippen LogP) is 2.29. The summed E-state index contributed by atoms with van der Waals surface area (Å²) in [6, 6.07) is -0.306. The Labute approximate surface area is 187 Å². The van der Waals surface area contributed by atoms with Crippen LogP contribution in [0.15, 0.2) is 48.7 Å². The van der Waals surface area contributed by atoms with Crippen LogP contribution in [0.1, 0.15) is 31.9 Å². The molecule has 2 aromatic heterocycles. The lowest BCUT2D eigenvalue weighted by Gasteiger charge is -2.52. The largest absolute Gasteiger partial charge is 0.434 e. The van der Waals surface area contributed by atoms with Crippen molar-refractivity contribution in [3.8, 4) is 0 Å². The number of nitrogens with one attached hydrogen (secondary N) is 2. The van der Waals surface area contributed by atoms with Crippen molar-refractivity contribution < 1.29 is 18.0 Å². The molecule has 5 heterocycles. The fraction of sp³-hybridized carbons (Fsp3) is 0.476. The molecule has 0 aromatic carbocycles. The first-order chi connectivity index (χ1) is 15.8. The maximum Gasteiger partial charge on any atom is 0.434 e. The van der Waals surface area contributed by atoms with Crippen LogP contribution < -0.4 is 10.6 Å². The molecule has 2 saturated heterocycles. The summed E-state index contributed by atoms with van der Waals surface area (Å²) in [6.07, 6.45) is 8.30. The second kappa shape index (κ2) is 7.85. The van der Waals surface area contributed by atoms with Gasteiger partial charge in [-0.3, -0.25) is 4.79 Å². The Morgan fingerprint density at radius 1 is 1.21 bits per heavy atom. The highest BCUT2D eigenvalue weighted by atomic mass is 19.4. The quantitative estimate of drug-likeness (QED) is 0.722. The van der Waals surface area contributed by atoms with Gasteiger partial charge in [0.1, 0.15) is 5.82 Å². The molecular formula is C21H23F3N8O. The van der Waals surface area contributed by atoms with E-state index < -0.39 is 17.5 Å². The molecule has 1 amide bonds. The van der Waals surface area contributed by atoms with Gasteiger partial charge in [0.2, 0.25) is 5.66 Å². The predicted molar refractivity (Wildman–Crippen MR) is 111 cm³/mol. The van der Waals surface area contributed by atoms with E-state index in [0.717, 1.165) is 37.4 Å². The molecule has 2 aromatic rings. The van der Waals surface area contributed by atoms with Gasteiger partial charge in [0.15, 0.2) is 5.69 Å². The van der Waals surface area contributed by atoms with Crippen molar-refractivity contribution in [3.63, 3.8) is 0 Å². The van der Waals surface area contributed by atoms with Crippen LogP contribution >= 0.6 is 0 Å². The van der Waals surface area contributed by atoms with Crippen LogP contribution in [0, 0.1) is 5.92 Å². The SMILES string of the molecule is CC1=CC=CC(C(=O)N2C[C@H]3CC[C@H]2[C@H](Nc2cnc(C(F)(F)F)cn2)C3)(n2nccn2)N1. The van der Waals surface area contributed by atoms with Crippen molar-refractivity contribution in [1.29, 1.82) is 0 Å². The molecule has 0 radical (unpaired) electrons. The van der Waals surface area contributed by atoms with Crippen LogP contribution in [0.2, 0.25) is 0 Å². The summed E-state index contributed by atoms with van der Waals surface area (Å²) in [5.74, 6) is 0.346. The summed E-state index contributed by atoms with van der Waals surface area (Å²) >= 11 is 0. The Morgan fingerprint density at radius 3 is 2.64 bits per heavy atom. The van der Waals surface area contributed by atoms with Crippen LogP contribution in [0.4, 0.5) is 19.0 Å². The molecule has 1 saturated carbocycles. The summed E-state index contributed by atoms with van der Waals surface area (Å²) in [5, 5.41) is 14.9. The van der Waals surface area contributed by atoms with E-state index in [9.17, 15) is 18.0 Å². The molecule has 2 N–H and O–H groups in total. The topological polar surface area (TPSA) is 101 Å². The van der Waals surface area contributed by atoms with Crippen LogP contribution in [0.25, 0.3) is 0 Å². The van der Waals surface area contributed by atoms with E-state index in [-0.39, 0.29) is 29.7 Å². The van der Waals surface area contributed by atoms with E-state index in [1.165, 1.54) is 17.2 Å². The fourth-order valence-electron chi connectivity index (χ4n) is 4.98. The molecule has 0 spiro atoms. The second-order valence-corrected chi connectivity index (χ2v) is 8.66. The molecule has 3 aliphatic heterocycles. The van der Waals surface area contributed by atoms with Gasteiger partial charge in [0, 0.05) is 18.3 Å². The van der Waals surface area contributed by atoms with Crippen molar-refractivity contribution >= 4 is 11.7 Å². The van der Waals surface area contributed by atoms with E-state index in [0.29, 0.717) is 6.54 Å². The third kappa shape index (κ3) is 3.83. The van der Waals surface area contributed by atoms with E-state index in [2.05, 4.69) is 30.8 Å². The first kappa shape index (κ1) is 21.4. The third-order valence-corrected chi connectivity index (χ3v) is 6.45. The number of carbonyl (C=O) groups is 1. The fourth-order valence-corrected chi connectivity index (χ4v) is 4.98. The minimum Gasteiger partial charge on any atom is -0.364 e. The molecule has 174 valence electrons. The molecule has 12 heteroatoms. The van der Waals surface area contributed by atoms with Gasteiger partial charge in [-0.2, -0.15) is 23.4 Å². The first-order valence-corrected chi connectivity index (χ1v) is 10.7. The number of halogens is 3. The van der Waals surface area contributed by atoms with E-state index >= 15 is 0 Å². The van der Waals surface area contributed by atoms with Crippen molar-refractivity contribution in [3.05, 3.63) is 54.4 Å². The zero-order valence-electron chi connectivity index (χ0n) is 17.8. The highest BCUT2D eigenvalue weighted by molar-refractivity contribution is 5.87. The summed E-state index contributed by atoms with van der Waals surface area (Å²) in [4.78, 5) is 24.6. The van der Waals surface area contributed by atoms with Gasteiger partial charge in [-0.25, -0.2) is 9.97 Å². The molecule has 33 heavy (non-hydrogen) atoms. The Balaban J connectivity index is 1.40. The number of allylic oxidation sites excluding steroid dienone is 3. The first-order valence-electron chi connectivity index (χ1n) is 10.7. The van der Waals surface area contributed by atoms with Crippen LogP contribution in [0.5, 0.6) is 0 Å². The molecule has 4 atom stereocenters. The maximum atomic E-state index is 14.0. The molecule has 4 aliphatic rings. The number of nitrogens with zero attached hydrogens (tertiary/aromatic N) is 6. The summed E-state index contributed by atoms with van der Waals surface area (Å²) in [6.45, 7) is 2.46. The lowest BCUT2D eigenvalue weighted by molar-refractivity contribution is -0.149. The lowest BCUT2D eigenvalue weighted by Crippen LogP contribution is -2.67. The molecule has 1 aliphatic carbocycles. The van der Waals surface area contributed by atoms with E-state index in [1.54, 1.807) is 6.08 Å². The Morgan fingerprint density at radius 2 is 2.00 bits per heavy atom. The maximum absolute atomic E-state index is 14.0. The number of hydrogen-bond acceptors (Lipinski definition) is 7. The van der Waals surface area contributed by atoms with Gasteiger partial charge in [-0.1, -0.05) is 6.08 Å². The summed E-state index contributed by atoms with van der Waals surface area (Å²) < 4.78 is 38.4. The third-order valence-electron chi connectivity index (χ3n) is 6.45. The van der Waals surface area contributed by atoms with Crippen molar-refractivity contribution in [2.75, 3.05) is 11.9 Å². The number of fused-ring (bicyclic) bond motifs is 3. The summed E-state index contributed by atoms with van der Waals surface area (Å²) in [7, 11) is 0. The molecule has 6 rings (SSSR count). The van der Waals surface area contributed by atoms with Crippen molar-refractivity contribution in [1.82, 2.24) is 35.2 Å². The van der Waals surface area contributed by atoms with Gasteiger partial charge in [0.25, 0.3) is 5.91 Å². The summed E-state index contributed by atoms with van der Waals surface area (Å²) in [5.41, 5.74) is -1.51. The number of aromatic nitrogens is 5. The Kier molecular flexibility index (Phi) is 5.09. The highest BCUT2D eigenvalue weighted by Crippen LogP contribution is 2.39. The smallest absolute Gasteiger partial charge is 0.364 e. The van der Waals surface area contributed by atoms with Crippen LogP contribution in [-0.2, 0) is 16.6 Å². The normalized spacial score (nSPS) is 28.9. The van der Waals surface area contributed by atoms with Gasteiger partial charge in [0.05, 0.1) is 30.8 Å². The van der Waals surface area contributed by atoms with Gasteiger partial charge in [-0.15, -0.1) is 4.80 Å². The Hall–Kier alpha value is -3.44. The number of piperidine rings is 2. The Bertz CT molecular complexity index is 1080. The standard InChI is InChI=1S/C21H23F3N8O/c1-13-3-2-6-20(30-13,32-27-7-8-28-32)19(33)31-12-14-4-5-16(31)15(9-14)29-18-11-25-17(10-26-18)21(22,23)24/h2-3,6-8,10-11,14-16,30H,4-5,9,12H2,1H3,(H,26,29)/t14-,15+,16-,20?/m0/s1. The van der Waals surface area contributed by atoms with Gasteiger partial charge < -0.3 is 15.5 Å². The van der Waals surface area contributed by atoms with Crippen LogP contribution in [0.3, 0.4) is 0 Å². The van der Waals surface area contributed by atoms with E-state index in [4.69, 9.17) is 0 Å². The number of amides is 1. The number of rotatable bonds is 4. The minimum atomic E-state index is -4.54. The van der Waals surface area contributed by atoms with Crippen molar-refractivity contribution in [2.24, 2.45) is 5.92 Å². The second-order valence-electron chi connectivity index (χ2n) is 8.66. The average molecular weight is 460 g/mol. The zero-order chi connectivity index (χ0) is 23.2. The number of carbonyl (C=O) groups excluding carboxylic acids is 1. The molecular weight excluding hydrogens is 437 g/mol. The number of hydrogen-bond donors (Lipinski definition) is 2. The monoisotopic (exact) mass is 460 g/mol. The molecule has 2 bridgehead atoms. The van der Waals surface area contributed by atoms with Crippen LogP contribution in [-0.4, -0.2) is 54.4 Å². The molecule has 1 unspecified atom stereocenters. The van der Waals surface area contributed by atoms with Gasteiger partial charge >= 0.3 is 6.18 Å². The van der Waals surface area contributed by atoms with Crippen molar-refractivity contribution in [2.45, 2.75) is 50.1 Å². The minimum absolute atomic E-state index is 0.152. The number of dihydropyridines is 1. The zero-order valence-corrected chi connectivity index (χ0v) is 17.8. The highest BCUT2D eigenvalue weighted by Gasteiger charge is 2.51. The van der Waals surface area contributed by atoms with Gasteiger partial charge in [-0.05, 0) is 44.3 Å². The number of anilines is 1. The van der Waals surface area contributed by atoms with E-state index in [1.807, 2.05) is 24.0 Å². The lowest BCUT2D eigenvalue weighted by atomic mass is 9.76. The average Bonchev–Trinajstić information content (AvgIpc) is 3.34. The molecule has 9 nitrogen and oxygen atoms in total. The molecule has 3 fully saturated rings.